The molecule has 3 heterocycles. The van der Waals surface area contributed by atoms with Gasteiger partial charge < -0.3 is 4.74 Å². The number of hydrogen-bond acceptors (Lipinski definition) is 5. The summed E-state index contributed by atoms with van der Waals surface area (Å²) < 4.78 is 32.7. The van der Waals surface area contributed by atoms with E-state index < -0.39 is 21.5 Å². The molecular formula is C14H21NO4S2. The summed E-state index contributed by atoms with van der Waals surface area (Å²) in [4.78, 5) is 11.9. The molecule has 3 aliphatic rings. The third-order valence-electron chi connectivity index (χ3n) is 4.38. The van der Waals surface area contributed by atoms with Gasteiger partial charge in [0, 0.05) is 21.6 Å². The van der Waals surface area contributed by atoms with Crippen molar-refractivity contribution in [3.63, 3.8) is 0 Å². The molecule has 0 radical (unpaired) electrons. The lowest BCUT2D eigenvalue weighted by Gasteiger charge is -2.37. The first-order valence-electron chi connectivity index (χ1n) is 7.10. The van der Waals surface area contributed by atoms with Crippen LogP contribution in [0.5, 0.6) is 0 Å². The maximum Gasteiger partial charge on any atom is 0.333 e. The van der Waals surface area contributed by atoms with Gasteiger partial charge in [0.25, 0.3) is 0 Å². The molecular weight excluding hydrogens is 310 g/mol. The van der Waals surface area contributed by atoms with E-state index in [1.807, 2.05) is 20.8 Å². The number of hydrogen-bond donors (Lipinski definition) is 0. The van der Waals surface area contributed by atoms with Gasteiger partial charge in [-0.25, -0.2) is 13.2 Å². The summed E-state index contributed by atoms with van der Waals surface area (Å²) in [6, 6.07) is -0.243. The van der Waals surface area contributed by atoms with Crippen molar-refractivity contribution in [3.8, 4) is 0 Å². The lowest BCUT2D eigenvalue weighted by molar-refractivity contribution is -0.147. The Morgan fingerprint density at radius 1 is 1.38 bits per heavy atom. The molecule has 2 bridgehead atoms. The first-order valence-corrected chi connectivity index (χ1v) is 9.55. The highest BCUT2D eigenvalue weighted by molar-refractivity contribution is 8.03. The van der Waals surface area contributed by atoms with Gasteiger partial charge in [-0.2, -0.15) is 4.31 Å². The molecule has 0 amide bonds. The summed E-state index contributed by atoms with van der Waals surface area (Å²) in [7, 11) is -3.32. The Hall–Kier alpha value is -0.530. The fraction of sp³-hybridized carbons (Fsp3) is 0.786. The number of rotatable bonds is 2. The van der Waals surface area contributed by atoms with Crippen molar-refractivity contribution in [2.75, 3.05) is 0 Å². The Labute approximate surface area is 130 Å². The molecule has 5 unspecified atom stereocenters. The molecule has 118 valence electrons. The molecule has 3 aliphatic heterocycles. The van der Waals surface area contributed by atoms with Crippen molar-refractivity contribution in [3.05, 3.63) is 12.2 Å². The van der Waals surface area contributed by atoms with Gasteiger partial charge in [-0.15, -0.1) is 11.8 Å². The molecule has 5 nitrogen and oxygen atoms in total. The van der Waals surface area contributed by atoms with Gasteiger partial charge in [0.1, 0.15) is 6.10 Å². The van der Waals surface area contributed by atoms with Crippen LogP contribution >= 0.6 is 11.8 Å². The Balaban J connectivity index is 1.98. The molecule has 0 aliphatic carbocycles. The quantitative estimate of drug-likeness (QED) is 0.567. The molecule has 5 atom stereocenters. The fourth-order valence-electron chi connectivity index (χ4n) is 3.70. The molecule has 0 saturated carbocycles. The number of esters is 1. The monoisotopic (exact) mass is 331 g/mol. The van der Waals surface area contributed by atoms with Gasteiger partial charge in [0.15, 0.2) is 0 Å². The van der Waals surface area contributed by atoms with E-state index in [0.717, 1.165) is 0 Å². The largest absolute Gasteiger partial charge is 0.456 e. The van der Waals surface area contributed by atoms with Crippen molar-refractivity contribution >= 4 is 27.8 Å². The minimum atomic E-state index is -3.32. The second-order valence-electron chi connectivity index (χ2n) is 7.07. The highest BCUT2D eigenvalue weighted by Gasteiger charge is 2.70. The van der Waals surface area contributed by atoms with E-state index in [1.165, 1.54) is 0 Å². The molecule has 0 N–H and O–H groups in total. The van der Waals surface area contributed by atoms with E-state index >= 15 is 0 Å². The Morgan fingerprint density at radius 2 is 2.00 bits per heavy atom. The molecule has 0 aromatic carbocycles. The Bertz CT molecular complexity index is 607. The average Bonchev–Trinajstić information content (AvgIpc) is 2.90. The summed E-state index contributed by atoms with van der Waals surface area (Å²) >= 11 is 1.67. The zero-order valence-corrected chi connectivity index (χ0v) is 14.3. The van der Waals surface area contributed by atoms with Crippen LogP contribution in [0.15, 0.2) is 12.2 Å². The molecule has 0 spiro atoms. The molecule has 3 saturated heterocycles. The maximum atomic E-state index is 12.8. The third kappa shape index (κ3) is 2.08. The van der Waals surface area contributed by atoms with E-state index in [1.54, 1.807) is 23.0 Å². The van der Waals surface area contributed by atoms with E-state index in [2.05, 4.69) is 6.58 Å². The number of nitrogens with zero attached hydrogens (tertiary/aromatic N) is 1. The summed E-state index contributed by atoms with van der Waals surface area (Å²) in [5.41, 5.74) is -0.160. The van der Waals surface area contributed by atoms with Crippen molar-refractivity contribution in [1.29, 1.82) is 0 Å². The number of sulfonamides is 1. The van der Waals surface area contributed by atoms with Gasteiger partial charge in [-0.05, 0) is 34.1 Å². The van der Waals surface area contributed by atoms with E-state index in [0.29, 0.717) is 12.0 Å². The third-order valence-corrected chi connectivity index (χ3v) is 8.88. The molecule has 0 aromatic rings. The van der Waals surface area contributed by atoms with Gasteiger partial charge in [-0.3, -0.25) is 0 Å². The van der Waals surface area contributed by atoms with Gasteiger partial charge >= 0.3 is 5.97 Å². The van der Waals surface area contributed by atoms with Crippen LogP contribution in [0.4, 0.5) is 0 Å². The Kier molecular flexibility index (Phi) is 3.28. The SMILES string of the molecule is C=C(C)C(=O)OC1C2CC3C(S2)C1N(C(C)(C)C)S3(=O)=O. The van der Waals surface area contributed by atoms with E-state index in [9.17, 15) is 13.2 Å². The smallest absolute Gasteiger partial charge is 0.333 e. The van der Waals surface area contributed by atoms with Crippen LogP contribution in [0.2, 0.25) is 0 Å². The Morgan fingerprint density at radius 3 is 2.52 bits per heavy atom. The van der Waals surface area contributed by atoms with Crippen LogP contribution in [-0.2, 0) is 19.6 Å². The molecule has 3 rings (SSSR count). The highest BCUT2D eigenvalue weighted by atomic mass is 32.2. The van der Waals surface area contributed by atoms with E-state index in [4.69, 9.17) is 4.74 Å². The average molecular weight is 331 g/mol. The molecule has 7 heteroatoms. The topological polar surface area (TPSA) is 63.7 Å². The first-order chi connectivity index (χ1) is 9.55. The van der Waals surface area contributed by atoms with Crippen molar-refractivity contribution < 1.29 is 17.9 Å². The predicted molar refractivity (Wildman–Crippen MR) is 82.6 cm³/mol. The summed E-state index contributed by atoms with van der Waals surface area (Å²) in [5, 5.41) is -0.228. The number of carbonyl (C=O) groups excluding carboxylic acids is 1. The molecule has 3 fully saturated rings. The zero-order valence-electron chi connectivity index (χ0n) is 12.7. The van der Waals surface area contributed by atoms with Crippen LogP contribution in [0.3, 0.4) is 0 Å². The van der Waals surface area contributed by atoms with Gasteiger partial charge in [0.05, 0.1) is 11.3 Å². The number of thioether (sulfide) groups is 1. The summed E-state index contributed by atoms with van der Waals surface area (Å²) in [6.45, 7) is 10.9. The first kappa shape index (κ1) is 15.4. The normalized spacial score (nSPS) is 40.5. The van der Waals surface area contributed by atoms with Crippen molar-refractivity contribution in [2.24, 2.45) is 0 Å². The number of ether oxygens (including phenoxy) is 1. The molecule has 0 aromatic heterocycles. The summed E-state index contributed by atoms with van der Waals surface area (Å²) in [6.07, 6.45) is 0.214. The predicted octanol–water partition coefficient (Wildman–Crippen LogP) is 1.54. The highest BCUT2D eigenvalue weighted by Crippen LogP contribution is 2.58. The number of fused-ring (bicyclic) bond motifs is 1. The van der Waals surface area contributed by atoms with Crippen LogP contribution in [0.1, 0.15) is 34.1 Å². The summed E-state index contributed by atoms with van der Waals surface area (Å²) in [5.74, 6) is -0.428. The van der Waals surface area contributed by atoms with Crippen molar-refractivity contribution in [2.45, 2.75) is 67.6 Å². The van der Waals surface area contributed by atoms with Crippen LogP contribution < -0.4 is 0 Å². The van der Waals surface area contributed by atoms with Crippen molar-refractivity contribution in [1.82, 2.24) is 4.31 Å². The fourth-order valence-corrected chi connectivity index (χ4v) is 8.93. The van der Waals surface area contributed by atoms with E-state index in [-0.39, 0.29) is 27.9 Å². The lowest BCUT2D eigenvalue weighted by Crippen LogP contribution is -2.53. The van der Waals surface area contributed by atoms with Crippen LogP contribution in [-0.4, -0.2) is 52.1 Å². The van der Waals surface area contributed by atoms with Gasteiger partial charge in [0.2, 0.25) is 10.0 Å². The maximum absolute atomic E-state index is 12.8. The second kappa shape index (κ2) is 4.49. The zero-order chi connectivity index (χ0) is 15.7. The van der Waals surface area contributed by atoms with Gasteiger partial charge in [-0.1, -0.05) is 6.58 Å². The lowest BCUT2D eigenvalue weighted by atomic mass is 9.90. The minimum Gasteiger partial charge on any atom is -0.456 e. The standard InChI is InChI=1S/C14H21NO4S2/c1-7(2)13(16)19-11-8-6-9-12(20-8)10(11)15(14(3,4)5)21(9,17)18/h8-12H,1,6H2,2-5H3. The second-order valence-corrected chi connectivity index (χ2v) is 10.5. The minimum absolute atomic E-state index is 0.0159. The van der Waals surface area contributed by atoms with Crippen LogP contribution in [0, 0.1) is 0 Å². The van der Waals surface area contributed by atoms with Crippen LogP contribution in [0.25, 0.3) is 0 Å². The number of carbonyl (C=O) groups is 1. The molecule has 21 heavy (non-hydrogen) atoms.